The number of piperazine rings is 1. The van der Waals surface area contributed by atoms with E-state index in [2.05, 4.69) is 4.90 Å². The van der Waals surface area contributed by atoms with E-state index in [1.807, 2.05) is 18.2 Å². The molecule has 2 aromatic carbocycles. The molecule has 2 aliphatic heterocycles. The van der Waals surface area contributed by atoms with Crippen LogP contribution in [0.1, 0.15) is 15.9 Å². The minimum atomic E-state index is -0.595. The van der Waals surface area contributed by atoms with Gasteiger partial charge in [-0.1, -0.05) is 17.7 Å². The molecule has 1 saturated heterocycles. The zero-order valence-electron chi connectivity index (χ0n) is 14.9. The summed E-state index contributed by atoms with van der Waals surface area (Å²) in [5.41, 5.74) is 2.95. The quantitative estimate of drug-likeness (QED) is 0.795. The second kappa shape index (κ2) is 6.85. The number of anilines is 2. The van der Waals surface area contributed by atoms with Gasteiger partial charge in [0.25, 0.3) is 5.91 Å². The first kappa shape index (κ1) is 17.8. The minimum absolute atomic E-state index is 0.0632. The van der Waals surface area contributed by atoms with Crippen molar-refractivity contribution >= 4 is 34.8 Å². The molecule has 0 unspecified atom stereocenters. The lowest BCUT2D eigenvalue weighted by Gasteiger charge is -2.36. The summed E-state index contributed by atoms with van der Waals surface area (Å²) in [6, 6.07) is 10.3. The maximum Gasteiger partial charge on any atom is 0.258 e. The number of halogens is 2. The molecule has 0 bridgehead atoms. The molecule has 0 aliphatic carbocycles. The number of hydrogen-bond acceptors (Lipinski definition) is 3. The van der Waals surface area contributed by atoms with Crippen molar-refractivity contribution in [2.24, 2.45) is 0 Å². The predicted octanol–water partition coefficient (Wildman–Crippen LogP) is 2.96. The zero-order chi connectivity index (χ0) is 19.1. The molecule has 0 atom stereocenters. The number of nitrogens with zero attached hydrogens (tertiary/aromatic N) is 3. The van der Waals surface area contributed by atoms with Crippen molar-refractivity contribution in [1.29, 1.82) is 0 Å². The number of rotatable bonds is 2. The predicted molar refractivity (Wildman–Crippen MR) is 103 cm³/mol. The molecule has 0 spiro atoms. The molecule has 2 heterocycles. The third kappa shape index (κ3) is 3.14. The molecule has 2 amide bonds. The fraction of sp³-hybridized carbons (Fsp3) is 0.300. The van der Waals surface area contributed by atoms with E-state index in [-0.39, 0.29) is 22.4 Å². The number of benzene rings is 2. The van der Waals surface area contributed by atoms with Crippen LogP contribution in [0.3, 0.4) is 0 Å². The number of likely N-dealkylation sites (N-methyl/N-ethyl adjacent to an activating group) is 1. The van der Waals surface area contributed by atoms with Crippen molar-refractivity contribution in [3.05, 3.63) is 58.4 Å². The third-order valence-electron chi connectivity index (χ3n) is 5.25. The Morgan fingerprint density at radius 2 is 1.85 bits per heavy atom. The molecule has 2 aromatic rings. The summed E-state index contributed by atoms with van der Waals surface area (Å²) in [6.45, 7) is 2.25. The lowest BCUT2D eigenvalue weighted by Crippen LogP contribution is -2.49. The molecule has 0 N–H and O–H groups in total. The number of fused-ring (bicyclic) bond motifs is 1. The highest BCUT2D eigenvalue weighted by Crippen LogP contribution is 2.32. The molecule has 140 valence electrons. The molecule has 27 heavy (non-hydrogen) atoms. The van der Waals surface area contributed by atoms with Crippen LogP contribution in [0.2, 0.25) is 5.02 Å². The maximum absolute atomic E-state index is 14.0. The summed E-state index contributed by atoms with van der Waals surface area (Å²) in [4.78, 5) is 30.0. The molecular weight excluding hydrogens is 369 g/mol. The molecule has 0 aromatic heterocycles. The van der Waals surface area contributed by atoms with Gasteiger partial charge in [-0.25, -0.2) is 4.39 Å². The molecule has 5 nitrogen and oxygen atoms in total. The Labute approximate surface area is 161 Å². The lowest BCUT2D eigenvalue weighted by atomic mass is 10.1. The van der Waals surface area contributed by atoms with Crippen molar-refractivity contribution in [2.75, 3.05) is 43.0 Å². The Morgan fingerprint density at radius 1 is 1.11 bits per heavy atom. The smallest absolute Gasteiger partial charge is 0.258 e. The van der Waals surface area contributed by atoms with Crippen LogP contribution in [-0.4, -0.2) is 49.9 Å². The molecule has 1 fully saturated rings. The van der Waals surface area contributed by atoms with Crippen LogP contribution in [0.5, 0.6) is 0 Å². The monoisotopic (exact) mass is 387 g/mol. The average molecular weight is 388 g/mol. The zero-order valence-corrected chi connectivity index (χ0v) is 15.7. The van der Waals surface area contributed by atoms with Gasteiger partial charge in [-0.05, 0) is 35.9 Å². The number of carbonyl (C=O) groups excluding carboxylic acids is 2. The van der Waals surface area contributed by atoms with Gasteiger partial charge in [-0.15, -0.1) is 0 Å². The van der Waals surface area contributed by atoms with Crippen LogP contribution in [0.4, 0.5) is 15.8 Å². The van der Waals surface area contributed by atoms with E-state index in [0.717, 1.165) is 16.9 Å². The Balaban J connectivity index is 1.46. The van der Waals surface area contributed by atoms with Crippen molar-refractivity contribution in [2.45, 2.75) is 6.42 Å². The van der Waals surface area contributed by atoms with Gasteiger partial charge in [0.15, 0.2) is 0 Å². The molecule has 7 heteroatoms. The fourth-order valence-corrected chi connectivity index (χ4v) is 3.93. The van der Waals surface area contributed by atoms with Crippen LogP contribution in [0.25, 0.3) is 0 Å². The minimum Gasteiger partial charge on any atom is -0.368 e. The van der Waals surface area contributed by atoms with Gasteiger partial charge < -0.3 is 14.7 Å². The molecule has 4 rings (SSSR count). The first-order valence-corrected chi connectivity index (χ1v) is 9.21. The van der Waals surface area contributed by atoms with Crippen molar-refractivity contribution in [3.8, 4) is 0 Å². The number of amides is 2. The Bertz CT molecular complexity index is 905. The van der Waals surface area contributed by atoms with Gasteiger partial charge >= 0.3 is 0 Å². The highest BCUT2D eigenvalue weighted by Gasteiger charge is 2.28. The first-order chi connectivity index (χ1) is 13.0. The lowest BCUT2D eigenvalue weighted by molar-refractivity contribution is -0.117. The van der Waals surface area contributed by atoms with Crippen molar-refractivity contribution in [1.82, 2.24) is 4.90 Å². The van der Waals surface area contributed by atoms with Crippen molar-refractivity contribution in [3.63, 3.8) is 0 Å². The van der Waals surface area contributed by atoms with E-state index in [0.29, 0.717) is 32.6 Å². The Hall–Kier alpha value is -2.60. The normalized spacial score (nSPS) is 16.7. The second-order valence-electron chi connectivity index (χ2n) is 6.82. The van der Waals surface area contributed by atoms with Gasteiger partial charge in [0.05, 0.1) is 17.0 Å². The van der Waals surface area contributed by atoms with Gasteiger partial charge in [0.2, 0.25) is 5.91 Å². The van der Waals surface area contributed by atoms with E-state index < -0.39 is 5.82 Å². The molecule has 0 radical (unpaired) electrons. The highest BCUT2D eigenvalue weighted by atomic mass is 35.5. The van der Waals surface area contributed by atoms with E-state index in [1.54, 1.807) is 16.8 Å². The van der Waals surface area contributed by atoms with Gasteiger partial charge in [-0.2, -0.15) is 0 Å². The van der Waals surface area contributed by atoms with Crippen LogP contribution in [0.15, 0.2) is 36.4 Å². The second-order valence-corrected chi connectivity index (χ2v) is 7.23. The highest BCUT2D eigenvalue weighted by molar-refractivity contribution is 6.33. The SMILES string of the molecule is CN1C(=O)Cc2cc(N3CCN(C(=O)c4c(F)cccc4Cl)CC3)ccc21. The van der Waals surface area contributed by atoms with E-state index >= 15 is 0 Å². The van der Waals surface area contributed by atoms with Gasteiger partial charge in [0.1, 0.15) is 5.82 Å². The summed E-state index contributed by atoms with van der Waals surface area (Å²) in [7, 11) is 1.78. The summed E-state index contributed by atoms with van der Waals surface area (Å²) in [6.07, 6.45) is 0.421. The fourth-order valence-electron chi connectivity index (χ4n) is 3.68. The Kier molecular flexibility index (Phi) is 4.52. The summed E-state index contributed by atoms with van der Waals surface area (Å²) < 4.78 is 14.0. The third-order valence-corrected chi connectivity index (χ3v) is 5.56. The summed E-state index contributed by atoms with van der Waals surface area (Å²) >= 11 is 6.02. The van der Waals surface area contributed by atoms with Crippen LogP contribution in [-0.2, 0) is 11.2 Å². The maximum atomic E-state index is 14.0. The summed E-state index contributed by atoms with van der Waals surface area (Å²) in [5.74, 6) is -0.874. The van der Waals surface area contributed by atoms with Crippen LogP contribution >= 0.6 is 11.6 Å². The van der Waals surface area contributed by atoms with E-state index in [1.165, 1.54) is 18.2 Å². The molecule has 2 aliphatic rings. The Morgan fingerprint density at radius 3 is 2.56 bits per heavy atom. The van der Waals surface area contributed by atoms with Crippen LogP contribution in [0, 0.1) is 5.82 Å². The largest absolute Gasteiger partial charge is 0.368 e. The van der Waals surface area contributed by atoms with Gasteiger partial charge in [0, 0.05) is 44.6 Å². The van der Waals surface area contributed by atoms with Crippen LogP contribution < -0.4 is 9.80 Å². The van der Waals surface area contributed by atoms with E-state index in [4.69, 9.17) is 11.6 Å². The standard InChI is InChI=1S/C20H19ClFN3O2/c1-23-17-6-5-14(11-13(17)12-18(23)26)24-7-9-25(10-8-24)20(27)19-15(21)3-2-4-16(19)22/h2-6,11H,7-10,12H2,1H3. The van der Waals surface area contributed by atoms with Crippen molar-refractivity contribution < 1.29 is 14.0 Å². The summed E-state index contributed by atoms with van der Waals surface area (Å²) in [5, 5.41) is 0.134. The topological polar surface area (TPSA) is 43.9 Å². The van der Waals surface area contributed by atoms with Gasteiger partial charge in [-0.3, -0.25) is 9.59 Å². The first-order valence-electron chi connectivity index (χ1n) is 8.83. The number of hydrogen-bond donors (Lipinski definition) is 0. The number of carbonyl (C=O) groups is 2. The average Bonchev–Trinajstić information content (AvgIpc) is 2.95. The molecular formula is C20H19ClFN3O2. The van der Waals surface area contributed by atoms with E-state index in [9.17, 15) is 14.0 Å². The molecule has 0 saturated carbocycles.